The number of aryl methyl sites for hydroxylation is 1. The van der Waals surface area contributed by atoms with Gasteiger partial charge in [-0.05, 0) is 68.8 Å². The molecule has 3 aromatic rings. The van der Waals surface area contributed by atoms with Crippen LogP contribution in [0.5, 0.6) is 5.75 Å². The van der Waals surface area contributed by atoms with Gasteiger partial charge in [-0.2, -0.15) is 0 Å². The Balaban J connectivity index is 1.83. The molecule has 1 amide bonds. The zero-order valence-electron chi connectivity index (χ0n) is 18.0. The monoisotopic (exact) mass is 438 g/mol. The highest BCUT2D eigenvalue weighted by Crippen LogP contribution is 2.24. The predicted octanol–water partition coefficient (Wildman–Crippen LogP) is 4.86. The van der Waals surface area contributed by atoms with E-state index in [4.69, 9.17) is 4.74 Å². The first-order valence-corrected chi connectivity index (χ1v) is 11.3. The van der Waals surface area contributed by atoms with Crippen LogP contribution >= 0.6 is 0 Å². The van der Waals surface area contributed by atoms with Gasteiger partial charge in [0.15, 0.2) is 0 Å². The number of ether oxygens (including phenoxy) is 1. The van der Waals surface area contributed by atoms with Gasteiger partial charge >= 0.3 is 0 Å². The van der Waals surface area contributed by atoms with Crippen molar-refractivity contribution >= 4 is 27.3 Å². The maximum atomic E-state index is 13.1. The van der Waals surface area contributed by atoms with E-state index < -0.39 is 15.9 Å². The van der Waals surface area contributed by atoms with E-state index in [9.17, 15) is 13.2 Å². The van der Waals surface area contributed by atoms with Crippen LogP contribution in [0.3, 0.4) is 0 Å². The third-order valence-corrected chi connectivity index (χ3v) is 6.37. The maximum Gasteiger partial charge on any atom is 0.264 e. The topological polar surface area (TPSA) is 75.7 Å². The number of hydrogen-bond acceptors (Lipinski definition) is 4. The quantitative estimate of drug-likeness (QED) is 0.572. The number of nitrogens with zero attached hydrogens (tertiary/aromatic N) is 1. The summed E-state index contributed by atoms with van der Waals surface area (Å²) in [4.78, 5) is 12.8. The molecule has 6 nitrogen and oxygen atoms in total. The van der Waals surface area contributed by atoms with Crippen LogP contribution in [0.2, 0.25) is 0 Å². The number of nitrogens with one attached hydrogen (secondary N) is 1. The Morgan fingerprint density at radius 2 is 1.68 bits per heavy atom. The van der Waals surface area contributed by atoms with Crippen molar-refractivity contribution in [2.75, 3.05) is 16.7 Å². The first-order valence-electron chi connectivity index (χ1n) is 9.90. The van der Waals surface area contributed by atoms with Gasteiger partial charge in [-0.1, -0.05) is 24.3 Å². The van der Waals surface area contributed by atoms with Crippen molar-refractivity contribution in [1.29, 1.82) is 0 Å². The summed E-state index contributed by atoms with van der Waals surface area (Å²) in [7, 11) is -2.33. The van der Waals surface area contributed by atoms with Crippen LogP contribution < -0.4 is 14.4 Å². The van der Waals surface area contributed by atoms with Crippen LogP contribution in [-0.2, 0) is 10.0 Å². The third kappa shape index (κ3) is 5.44. The van der Waals surface area contributed by atoms with Crippen molar-refractivity contribution < 1.29 is 17.9 Å². The van der Waals surface area contributed by atoms with Gasteiger partial charge in [0.05, 0.1) is 16.7 Å². The van der Waals surface area contributed by atoms with Crippen LogP contribution in [0.1, 0.15) is 29.8 Å². The van der Waals surface area contributed by atoms with E-state index in [0.717, 1.165) is 5.56 Å². The van der Waals surface area contributed by atoms with Gasteiger partial charge < -0.3 is 10.1 Å². The first kappa shape index (κ1) is 22.4. The van der Waals surface area contributed by atoms with E-state index in [1.165, 1.54) is 23.5 Å². The van der Waals surface area contributed by atoms with Crippen LogP contribution in [0, 0.1) is 6.92 Å². The molecule has 0 saturated carbocycles. The molecule has 0 unspecified atom stereocenters. The Hall–Kier alpha value is -3.32. The minimum atomic E-state index is -3.82. The fourth-order valence-corrected chi connectivity index (χ4v) is 4.27. The fraction of sp³-hybridized carbons (Fsp3) is 0.208. The molecule has 0 bridgehead atoms. The van der Waals surface area contributed by atoms with E-state index in [1.54, 1.807) is 48.5 Å². The number of carbonyl (C=O) groups is 1. The minimum absolute atomic E-state index is 0.0123. The molecule has 0 atom stereocenters. The van der Waals surface area contributed by atoms with Crippen LogP contribution in [0.4, 0.5) is 11.4 Å². The molecule has 7 heteroatoms. The molecule has 0 radical (unpaired) electrons. The van der Waals surface area contributed by atoms with Crippen molar-refractivity contribution in [3.8, 4) is 5.75 Å². The van der Waals surface area contributed by atoms with Gasteiger partial charge in [0.2, 0.25) is 0 Å². The fourth-order valence-electron chi connectivity index (χ4n) is 3.04. The Morgan fingerprint density at radius 1 is 0.968 bits per heavy atom. The molecule has 1 N–H and O–H groups in total. The van der Waals surface area contributed by atoms with Crippen molar-refractivity contribution in [2.45, 2.75) is 31.8 Å². The van der Waals surface area contributed by atoms with Crippen molar-refractivity contribution in [1.82, 2.24) is 0 Å². The summed E-state index contributed by atoms with van der Waals surface area (Å²) in [6.07, 6.45) is 0.0123. The molecule has 0 aliphatic carbocycles. The lowest BCUT2D eigenvalue weighted by atomic mass is 10.2. The summed E-state index contributed by atoms with van der Waals surface area (Å²) in [6, 6.07) is 20.3. The van der Waals surface area contributed by atoms with Gasteiger partial charge in [0.1, 0.15) is 5.75 Å². The lowest BCUT2D eigenvalue weighted by Gasteiger charge is -2.20. The molecular formula is C24H26N2O4S. The van der Waals surface area contributed by atoms with Gasteiger partial charge in [-0.25, -0.2) is 8.42 Å². The van der Waals surface area contributed by atoms with E-state index in [-0.39, 0.29) is 16.6 Å². The molecule has 3 rings (SSSR count). The third-order valence-electron chi connectivity index (χ3n) is 4.58. The summed E-state index contributed by atoms with van der Waals surface area (Å²) in [5.74, 6) is 0.237. The number of sulfonamides is 1. The Morgan fingerprint density at radius 3 is 2.39 bits per heavy atom. The second-order valence-electron chi connectivity index (χ2n) is 7.49. The predicted molar refractivity (Wildman–Crippen MR) is 123 cm³/mol. The molecule has 0 spiro atoms. The number of anilines is 2. The van der Waals surface area contributed by atoms with Gasteiger partial charge in [0.25, 0.3) is 15.9 Å². The van der Waals surface area contributed by atoms with Crippen molar-refractivity contribution in [3.05, 3.63) is 83.9 Å². The number of rotatable bonds is 7. The molecule has 0 heterocycles. The molecule has 0 aliphatic heterocycles. The van der Waals surface area contributed by atoms with Gasteiger partial charge in [-0.15, -0.1) is 0 Å². The van der Waals surface area contributed by atoms with Crippen LogP contribution in [-0.4, -0.2) is 27.5 Å². The second kappa shape index (κ2) is 9.22. The number of amides is 1. The molecule has 3 aromatic carbocycles. The summed E-state index contributed by atoms with van der Waals surface area (Å²) in [6.45, 7) is 5.74. The van der Waals surface area contributed by atoms with Crippen LogP contribution in [0.25, 0.3) is 0 Å². The normalized spacial score (nSPS) is 11.3. The summed E-state index contributed by atoms with van der Waals surface area (Å²) < 4.78 is 33.1. The molecule has 0 aromatic heterocycles. The first-order chi connectivity index (χ1) is 14.7. The molecular weight excluding hydrogens is 412 g/mol. The lowest BCUT2D eigenvalue weighted by molar-refractivity contribution is 0.102. The number of hydrogen-bond donors (Lipinski definition) is 1. The standard InChI is InChI=1S/C24H26N2O4S/c1-17(2)30-22-12-7-10-20(16-22)25-24(27)19-9-6-13-23(15-19)31(28,29)26(4)21-11-5-8-18(3)14-21/h5-17H,1-4H3,(H,25,27). The summed E-state index contributed by atoms with van der Waals surface area (Å²) in [5, 5.41) is 2.79. The summed E-state index contributed by atoms with van der Waals surface area (Å²) >= 11 is 0. The lowest BCUT2D eigenvalue weighted by Crippen LogP contribution is -2.27. The molecule has 0 saturated heterocycles. The molecule has 162 valence electrons. The Kier molecular flexibility index (Phi) is 6.65. The van der Waals surface area contributed by atoms with Crippen LogP contribution in [0.15, 0.2) is 77.7 Å². The summed E-state index contributed by atoms with van der Waals surface area (Å²) in [5.41, 5.74) is 2.32. The number of carbonyl (C=O) groups excluding carboxylic acids is 1. The van der Waals surface area contributed by atoms with Crippen molar-refractivity contribution in [2.24, 2.45) is 0 Å². The van der Waals surface area contributed by atoms with Gasteiger partial charge in [-0.3, -0.25) is 9.10 Å². The van der Waals surface area contributed by atoms with Crippen molar-refractivity contribution in [3.63, 3.8) is 0 Å². The zero-order valence-corrected chi connectivity index (χ0v) is 18.8. The maximum absolute atomic E-state index is 13.1. The molecule has 0 fully saturated rings. The average Bonchev–Trinajstić information content (AvgIpc) is 2.73. The largest absolute Gasteiger partial charge is 0.491 e. The Labute approximate surface area is 183 Å². The highest BCUT2D eigenvalue weighted by Gasteiger charge is 2.22. The van der Waals surface area contributed by atoms with E-state index >= 15 is 0 Å². The smallest absolute Gasteiger partial charge is 0.264 e. The van der Waals surface area contributed by atoms with Gasteiger partial charge in [0, 0.05) is 24.4 Å². The Bertz CT molecular complexity index is 1190. The molecule has 31 heavy (non-hydrogen) atoms. The highest BCUT2D eigenvalue weighted by atomic mass is 32.2. The zero-order chi connectivity index (χ0) is 22.6. The average molecular weight is 439 g/mol. The van der Waals surface area contributed by atoms with E-state index in [0.29, 0.717) is 17.1 Å². The number of benzene rings is 3. The SMILES string of the molecule is Cc1cccc(N(C)S(=O)(=O)c2cccc(C(=O)Nc3cccc(OC(C)C)c3)c2)c1. The van der Waals surface area contributed by atoms with E-state index in [2.05, 4.69) is 5.32 Å². The minimum Gasteiger partial charge on any atom is -0.491 e. The van der Waals surface area contributed by atoms with E-state index in [1.807, 2.05) is 32.9 Å². The second-order valence-corrected chi connectivity index (χ2v) is 9.46. The highest BCUT2D eigenvalue weighted by molar-refractivity contribution is 7.92. The molecule has 0 aliphatic rings.